The van der Waals surface area contributed by atoms with E-state index in [1.54, 1.807) is 6.20 Å². The van der Waals surface area contributed by atoms with Gasteiger partial charge in [-0.2, -0.15) is 5.10 Å². The summed E-state index contributed by atoms with van der Waals surface area (Å²) in [6.45, 7) is 1.97. The van der Waals surface area contributed by atoms with Crippen LogP contribution in [0, 0.1) is 6.92 Å². The van der Waals surface area contributed by atoms with E-state index in [2.05, 4.69) is 20.2 Å². The molecule has 0 amide bonds. The number of rotatable bonds is 3. The number of hydrogen-bond acceptors (Lipinski definition) is 5. The number of fused-ring (bicyclic) bond motifs is 1. The second-order valence-corrected chi connectivity index (χ2v) is 6.15. The van der Waals surface area contributed by atoms with Crippen LogP contribution in [0.1, 0.15) is 5.69 Å². The fourth-order valence-corrected chi connectivity index (χ4v) is 2.75. The molecule has 4 aromatic heterocycles. The van der Waals surface area contributed by atoms with Gasteiger partial charge in [-0.05, 0) is 37.3 Å². The molecular formula is C19H18N6. The molecule has 1 N–H and O–H groups in total. The van der Waals surface area contributed by atoms with Crippen molar-refractivity contribution >= 4 is 16.7 Å². The Kier molecular flexibility index (Phi) is 3.65. The van der Waals surface area contributed by atoms with Crippen LogP contribution in [0.3, 0.4) is 0 Å². The van der Waals surface area contributed by atoms with Gasteiger partial charge in [0.15, 0.2) is 0 Å². The van der Waals surface area contributed by atoms with E-state index in [0.29, 0.717) is 0 Å². The van der Waals surface area contributed by atoms with E-state index in [9.17, 15) is 0 Å². The molecule has 25 heavy (non-hydrogen) atoms. The lowest BCUT2D eigenvalue weighted by Gasteiger charge is -2.12. The van der Waals surface area contributed by atoms with Gasteiger partial charge in [-0.3, -0.25) is 15.1 Å². The number of anilines is 1. The average Bonchev–Trinajstić information content (AvgIpc) is 3.10. The van der Waals surface area contributed by atoms with Crippen molar-refractivity contribution in [1.29, 1.82) is 0 Å². The van der Waals surface area contributed by atoms with Crippen molar-refractivity contribution in [2.45, 2.75) is 6.92 Å². The minimum atomic E-state index is 0.845. The Bertz CT molecular complexity index is 1050. The quantitative estimate of drug-likeness (QED) is 0.623. The lowest BCUT2D eigenvalue weighted by Crippen LogP contribution is -2.08. The molecule has 0 bridgehead atoms. The standard InChI is InChI=1S/C19H18N6/c1-12-5-4-6-17(22-12)19-14(11-21-24-19)15-7-8-16-18(23-15)9-13(10-20-16)25(2)3/h4-11H,1-3H3,(H,21,24). The fraction of sp³-hybridized carbons (Fsp3) is 0.158. The zero-order valence-corrected chi connectivity index (χ0v) is 14.4. The van der Waals surface area contributed by atoms with Crippen LogP contribution in [0.25, 0.3) is 33.7 Å². The summed E-state index contributed by atoms with van der Waals surface area (Å²) in [5.41, 5.74) is 7.20. The van der Waals surface area contributed by atoms with E-state index in [-0.39, 0.29) is 0 Å². The molecule has 0 aliphatic carbocycles. The van der Waals surface area contributed by atoms with E-state index < -0.39 is 0 Å². The molecule has 0 unspecified atom stereocenters. The number of hydrogen-bond donors (Lipinski definition) is 1. The highest BCUT2D eigenvalue weighted by atomic mass is 15.1. The summed E-state index contributed by atoms with van der Waals surface area (Å²) in [4.78, 5) is 15.9. The minimum absolute atomic E-state index is 0.845. The molecule has 0 spiro atoms. The number of aryl methyl sites for hydroxylation is 1. The number of nitrogens with one attached hydrogen (secondary N) is 1. The van der Waals surface area contributed by atoms with Crippen molar-refractivity contribution in [3.8, 4) is 22.6 Å². The lowest BCUT2D eigenvalue weighted by atomic mass is 10.1. The van der Waals surface area contributed by atoms with Crippen LogP contribution >= 0.6 is 0 Å². The van der Waals surface area contributed by atoms with Crippen molar-refractivity contribution in [2.75, 3.05) is 19.0 Å². The Morgan fingerprint density at radius 2 is 1.80 bits per heavy atom. The Morgan fingerprint density at radius 3 is 2.60 bits per heavy atom. The zero-order chi connectivity index (χ0) is 17.4. The molecule has 0 saturated heterocycles. The first-order valence-electron chi connectivity index (χ1n) is 8.04. The second-order valence-electron chi connectivity index (χ2n) is 6.15. The smallest absolute Gasteiger partial charge is 0.0928 e. The van der Waals surface area contributed by atoms with Gasteiger partial charge in [-0.1, -0.05) is 6.07 Å². The monoisotopic (exact) mass is 330 g/mol. The molecule has 0 aliphatic heterocycles. The van der Waals surface area contributed by atoms with Crippen LogP contribution in [0.4, 0.5) is 5.69 Å². The molecule has 0 aromatic carbocycles. The number of nitrogens with zero attached hydrogens (tertiary/aromatic N) is 5. The number of aromatic amines is 1. The molecule has 124 valence electrons. The Labute approximate surface area is 145 Å². The van der Waals surface area contributed by atoms with Gasteiger partial charge in [0.05, 0.1) is 46.2 Å². The predicted molar refractivity (Wildman–Crippen MR) is 99.4 cm³/mol. The predicted octanol–water partition coefficient (Wildman–Crippen LogP) is 3.46. The third-order valence-corrected chi connectivity index (χ3v) is 4.10. The summed E-state index contributed by atoms with van der Waals surface area (Å²) in [5.74, 6) is 0. The molecule has 0 fully saturated rings. The molecule has 0 radical (unpaired) electrons. The molecule has 0 aliphatic rings. The van der Waals surface area contributed by atoms with Crippen LogP contribution in [0.2, 0.25) is 0 Å². The van der Waals surface area contributed by atoms with E-state index in [1.165, 1.54) is 0 Å². The molecule has 4 aromatic rings. The van der Waals surface area contributed by atoms with E-state index in [4.69, 9.17) is 4.98 Å². The highest BCUT2D eigenvalue weighted by Gasteiger charge is 2.13. The molecule has 0 atom stereocenters. The van der Waals surface area contributed by atoms with Gasteiger partial charge in [-0.25, -0.2) is 4.98 Å². The average molecular weight is 330 g/mol. The Balaban J connectivity index is 1.84. The van der Waals surface area contributed by atoms with Gasteiger partial charge in [-0.15, -0.1) is 0 Å². The zero-order valence-electron chi connectivity index (χ0n) is 14.4. The van der Waals surface area contributed by atoms with Crippen molar-refractivity contribution in [1.82, 2.24) is 25.1 Å². The molecular weight excluding hydrogens is 312 g/mol. The molecule has 0 saturated carbocycles. The van der Waals surface area contributed by atoms with Crippen LogP contribution in [-0.2, 0) is 0 Å². The van der Waals surface area contributed by atoms with E-state index in [1.807, 2.05) is 68.5 Å². The highest BCUT2D eigenvalue weighted by molar-refractivity contribution is 5.84. The summed E-state index contributed by atoms with van der Waals surface area (Å²) in [7, 11) is 3.98. The topological polar surface area (TPSA) is 70.6 Å². The van der Waals surface area contributed by atoms with Crippen molar-refractivity contribution < 1.29 is 0 Å². The van der Waals surface area contributed by atoms with E-state index >= 15 is 0 Å². The SMILES string of the molecule is Cc1cccc(-c2[nH]ncc2-c2ccc3ncc(N(C)C)cc3n2)n1. The maximum absolute atomic E-state index is 4.79. The molecule has 6 heteroatoms. The first-order valence-corrected chi connectivity index (χ1v) is 8.04. The van der Waals surface area contributed by atoms with Crippen molar-refractivity contribution in [3.05, 3.63) is 54.5 Å². The van der Waals surface area contributed by atoms with Crippen LogP contribution in [0.5, 0.6) is 0 Å². The third-order valence-electron chi connectivity index (χ3n) is 4.10. The molecule has 4 heterocycles. The van der Waals surface area contributed by atoms with Gasteiger partial charge in [0.1, 0.15) is 0 Å². The summed E-state index contributed by atoms with van der Waals surface area (Å²) < 4.78 is 0. The maximum Gasteiger partial charge on any atom is 0.0928 e. The maximum atomic E-state index is 4.79. The largest absolute Gasteiger partial charge is 0.376 e. The Hall–Kier alpha value is -3.28. The first-order chi connectivity index (χ1) is 12.1. The second kappa shape index (κ2) is 5.98. The lowest BCUT2D eigenvalue weighted by molar-refractivity contribution is 1.08. The molecule has 6 nitrogen and oxygen atoms in total. The fourth-order valence-electron chi connectivity index (χ4n) is 2.75. The molecule has 4 rings (SSSR count). The van der Waals surface area contributed by atoms with Gasteiger partial charge >= 0.3 is 0 Å². The Morgan fingerprint density at radius 1 is 0.920 bits per heavy atom. The number of H-pyrrole nitrogens is 1. The minimum Gasteiger partial charge on any atom is -0.376 e. The normalized spacial score (nSPS) is 11.0. The number of aromatic nitrogens is 5. The van der Waals surface area contributed by atoms with Crippen molar-refractivity contribution in [2.24, 2.45) is 0 Å². The van der Waals surface area contributed by atoms with Gasteiger partial charge in [0.25, 0.3) is 0 Å². The summed E-state index contributed by atoms with van der Waals surface area (Å²) in [6.07, 6.45) is 3.64. The summed E-state index contributed by atoms with van der Waals surface area (Å²) >= 11 is 0. The van der Waals surface area contributed by atoms with Crippen molar-refractivity contribution in [3.63, 3.8) is 0 Å². The van der Waals surface area contributed by atoms with Crippen LogP contribution in [0.15, 0.2) is 48.8 Å². The summed E-state index contributed by atoms with van der Waals surface area (Å²) in [5, 5.41) is 7.25. The number of pyridine rings is 3. The van der Waals surface area contributed by atoms with Gasteiger partial charge in [0, 0.05) is 25.4 Å². The van der Waals surface area contributed by atoms with E-state index in [0.717, 1.165) is 45.1 Å². The summed E-state index contributed by atoms with van der Waals surface area (Å²) in [6, 6.07) is 11.9. The van der Waals surface area contributed by atoms with Gasteiger partial charge in [0.2, 0.25) is 0 Å². The van der Waals surface area contributed by atoms with Crippen LogP contribution in [-0.4, -0.2) is 39.2 Å². The highest BCUT2D eigenvalue weighted by Crippen LogP contribution is 2.29. The first kappa shape index (κ1) is 15.3. The van der Waals surface area contributed by atoms with Gasteiger partial charge < -0.3 is 4.90 Å². The third kappa shape index (κ3) is 2.82. The van der Waals surface area contributed by atoms with Crippen LogP contribution < -0.4 is 4.90 Å².